The molecule has 3 nitrogen and oxygen atoms in total. The van der Waals surface area contributed by atoms with Gasteiger partial charge in [0.05, 0.1) is 5.54 Å². The second kappa shape index (κ2) is 5.53. The summed E-state index contributed by atoms with van der Waals surface area (Å²) in [6.45, 7) is 2.73. The Labute approximate surface area is 115 Å². The zero-order valence-corrected chi connectivity index (χ0v) is 12.1. The number of pyridine rings is 1. The Morgan fingerprint density at radius 3 is 3.06 bits per heavy atom. The van der Waals surface area contributed by atoms with Gasteiger partial charge in [0.15, 0.2) is 11.6 Å². The standard InChI is InChI=1S/C13H19BrFN3/c1-9-3-2-4-13(6-9,8-16)18-12-11(15)5-10(14)7-17-12/h5,7,9H,2-4,6,8,16H2,1H3,(H,17,18). The van der Waals surface area contributed by atoms with Gasteiger partial charge < -0.3 is 11.1 Å². The number of nitrogens with zero attached hydrogens (tertiary/aromatic N) is 1. The van der Waals surface area contributed by atoms with Crippen LogP contribution in [0.5, 0.6) is 0 Å². The predicted octanol–water partition coefficient (Wildman–Crippen LogP) is 3.30. The van der Waals surface area contributed by atoms with Crippen molar-refractivity contribution in [2.45, 2.75) is 38.1 Å². The van der Waals surface area contributed by atoms with Crippen LogP contribution < -0.4 is 11.1 Å². The second-order valence-corrected chi connectivity index (χ2v) is 6.21. The van der Waals surface area contributed by atoms with Gasteiger partial charge in [0.25, 0.3) is 0 Å². The van der Waals surface area contributed by atoms with Crippen molar-refractivity contribution in [3.63, 3.8) is 0 Å². The number of nitrogens with two attached hydrogens (primary N) is 1. The zero-order valence-electron chi connectivity index (χ0n) is 10.5. The first-order chi connectivity index (χ1) is 8.54. The highest BCUT2D eigenvalue weighted by Gasteiger charge is 2.34. The number of hydrogen-bond donors (Lipinski definition) is 2. The Bertz CT molecular complexity index is 427. The van der Waals surface area contributed by atoms with Crippen LogP contribution in [0.1, 0.15) is 32.6 Å². The smallest absolute Gasteiger partial charge is 0.166 e. The summed E-state index contributed by atoms with van der Waals surface area (Å²) in [6, 6.07) is 1.42. The van der Waals surface area contributed by atoms with Crippen molar-refractivity contribution in [3.8, 4) is 0 Å². The number of nitrogens with one attached hydrogen (secondary N) is 1. The number of anilines is 1. The maximum atomic E-state index is 13.8. The summed E-state index contributed by atoms with van der Waals surface area (Å²) in [5.41, 5.74) is 5.70. The monoisotopic (exact) mass is 315 g/mol. The molecule has 1 heterocycles. The first-order valence-corrected chi connectivity index (χ1v) is 7.13. The Morgan fingerprint density at radius 2 is 2.44 bits per heavy atom. The molecular formula is C13H19BrFN3. The highest BCUT2D eigenvalue weighted by molar-refractivity contribution is 9.10. The van der Waals surface area contributed by atoms with E-state index in [0.29, 0.717) is 22.8 Å². The van der Waals surface area contributed by atoms with Crippen LogP contribution in [0.25, 0.3) is 0 Å². The van der Waals surface area contributed by atoms with E-state index in [0.717, 1.165) is 19.3 Å². The summed E-state index contributed by atoms with van der Waals surface area (Å²) in [5.74, 6) is 0.585. The molecule has 0 radical (unpaired) electrons. The summed E-state index contributed by atoms with van der Waals surface area (Å²) in [7, 11) is 0. The van der Waals surface area contributed by atoms with Crippen molar-refractivity contribution in [1.29, 1.82) is 0 Å². The lowest BCUT2D eigenvalue weighted by Crippen LogP contribution is -2.49. The van der Waals surface area contributed by atoms with Crippen LogP contribution in [0.15, 0.2) is 16.7 Å². The Balaban J connectivity index is 2.19. The molecule has 5 heteroatoms. The molecule has 0 aromatic carbocycles. The first-order valence-electron chi connectivity index (χ1n) is 6.34. The van der Waals surface area contributed by atoms with Crippen LogP contribution in [0.2, 0.25) is 0 Å². The molecule has 0 saturated heterocycles. The minimum atomic E-state index is -0.338. The van der Waals surface area contributed by atoms with Crippen molar-refractivity contribution >= 4 is 21.7 Å². The van der Waals surface area contributed by atoms with Gasteiger partial charge in [0.1, 0.15) is 0 Å². The Kier molecular flexibility index (Phi) is 4.22. The largest absolute Gasteiger partial charge is 0.361 e. The van der Waals surface area contributed by atoms with Gasteiger partial charge in [-0.15, -0.1) is 0 Å². The van der Waals surface area contributed by atoms with Crippen LogP contribution in [-0.2, 0) is 0 Å². The summed E-state index contributed by atoms with van der Waals surface area (Å²) in [5, 5.41) is 3.24. The predicted molar refractivity (Wildman–Crippen MR) is 74.9 cm³/mol. The van der Waals surface area contributed by atoms with Crippen LogP contribution in [0.3, 0.4) is 0 Å². The Hall–Kier alpha value is -0.680. The average Bonchev–Trinajstić information content (AvgIpc) is 2.33. The minimum Gasteiger partial charge on any atom is -0.361 e. The van der Waals surface area contributed by atoms with Crippen molar-refractivity contribution in [3.05, 3.63) is 22.6 Å². The highest BCUT2D eigenvalue weighted by atomic mass is 79.9. The molecule has 1 aromatic rings. The topological polar surface area (TPSA) is 50.9 Å². The van der Waals surface area contributed by atoms with Crippen molar-refractivity contribution in [2.24, 2.45) is 11.7 Å². The lowest BCUT2D eigenvalue weighted by molar-refractivity contribution is 0.262. The van der Waals surface area contributed by atoms with E-state index in [1.807, 2.05) is 0 Å². The number of aromatic nitrogens is 1. The third-order valence-electron chi connectivity index (χ3n) is 3.67. The highest BCUT2D eigenvalue weighted by Crippen LogP contribution is 2.34. The quantitative estimate of drug-likeness (QED) is 0.899. The lowest BCUT2D eigenvalue weighted by atomic mass is 9.76. The molecule has 18 heavy (non-hydrogen) atoms. The van der Waals surface area contributed by atoms with Gasteiger partial charge in [-0.25, -0.2) is 9.37 Å². The minimum absolute atomic E-state index is 0.209. The molecule has 1 aliphatic carbocycles. The molecule has 1 saturated carbocycles. The van der Waals surface area contributed by atoms with Crippen LogP contribution in [-0.4, -0.2) is 17.1 Å². The van der Waals surface area contributed by atoms with E-state index in [1.54, 1.807) is 6.20 Å². The molecule has 0 spiro atoms. The molecule has 0 bridgehead atoms. The van der Waals surface area contributed by atoms with E-state index in [-0.39, 0.29) is 11.4 Å². The average molecular weight is 316 g/mol. The van der Waals surface area contributed by atoms with Gasteiger partial charge >= 0.3 is 0 Å². The van der Waals surface area contributed by atoms with Crippen LogP contribution in [0, 0.1) is 11.7 Å². The maximum absolute atomic E-state index is 13.8. The van der Waals surface area contributed by atoms with E-state index in [9.17, 15) is 4.39 Å². The molecule has 1 aromatic heterocycles. The second-order valence-electron chi connectivity index (χ2n) is 5.29. The van der Waals surface area contributed by atoms with Crippen LogP contribution in [0.4, 0.5) is 10.2 Å². The summed E-state index contributed by atoms with van der Waals surface area (Å²) in [4.78, 5) is 4.10. The molecule has 2 unspecified atom stereocenters. The van der Waals surface area contributed by atoms with Crippen molar-refractivity contribution < 1.29 is 4.39 Å². The number of hydrogen-bond acceptors (Lipinski definition) is 3. The van der Waals surface area contributed by atoms with Gasteiger partial charge in [-0.05, 0) is 40.8 Å². The van der Waals surface area contributed by atoms with Gasteiger partial charge in [-0.3, -0.25) is 0 Å². The fourth-order valence-electron chi connectivity index (χ4n) is 2.77. The maximum Gasteiger partial charge on any atom is 0.166 e. The number of rotatable bonds is 3. The van der Waals surface area contributed by atoms with Gasteiger partial charge in [-0.1, -0.05) is 19.8 Å². The SMILES string of the molecule is CC1CCCC(CN)(Nc2ncc(Br)cc2F)C1. The molecule has 3 N–H and O–H groups in total. The first kappa shape index (κ1) is 13.7. The van der Waals surface area contributed by atoms with Gasteiger partial charge in [0, 0.05) is 17.2 Å². The molecule has 2 atom stereocenters. The third-order valence-corrected chi connectivity index (χ3v) is 4.11. The van der Waals surface area contributed by atoms with Gasteiger partial charge in [-0.2, -0.15) is 0 Å². The van der Waals surface area contributed by atoms with Crippen LogP contribution >= 0.6 is 15.9 Å². The fraction of sp³-hybridized carbons (Fsp3) is 0.615. The Morgan fingerprint density at radius 1 is 1.67 bits per heavy atom. The molecule has 2 rings (SSSR count). The third kappa shape index (κ3) is 3.01. The molecule has 1 fully saturated rings. The van der Waals surface area contributed by atoms with E-state index >= 15 is 0 Å². The molecule has 100 valence electrons. The molecule has 1 aliphatic rings. The molecule has 0 aliphatic heterocycles. The summed E-state index contributed by atoms with van der Waals surface area (Å²) in [6.07, 6.45) is 5.90. The normalized spacial score (nSPS) is 28.1. The van der Waals surface area contributed by atoms with E-state index < -0.39 is 0 Å². The summed E-state index contributed by atoms with van der Waals surface area (Å²) < 4.78 is 14.5. The van der Waals surface area contributed by atoms with E-state index in [1.165, 1.54) is 12.5 Å². The fourth-order valence-corrected chi connectivity index (χ4v) is 3.07. The van der Waals surface area contributed by atoms with E-state index in [2.05, 4.69) is 33.2 Å². The van der Waals surface area contributed by atoms with Crippen molar-refractivity contribution in [2.75, 3.05) is 11.9 Å². The van der Waals surface area contributed by atoms with Gasteiger partial charge in [0.2, 0.25) is 0 Å². The van der Waals surface area contributed by atoms with Crippen molar-refractivity contribution in [1.82, 2.24) is 4.98 Å². The number of halogens is 2. The summed E-state index contributed by atoms with van der Waals surface area (Å²) >= 11 is 3.21. The molecule has 0 amide bonds. The van der Waals surface area contributed by atoms with E-state index in [4.69, 9.17) is 5.73 Å². The lowest BCUT2D eigenvalue weighted by Gasteiger charge is -2.40. The zero-order chi connectivity index (χ0) is 13.2. The molecular weight excluding hydrogens is 297 g/mol.